The minimum atomic E-state index is -3.87. The van der Waals surface area contributed by atoms with E-state index >= 15 is 0 Å². The third kappa shape index (κ3) is 4.81. The number of benzene rings is 2. The molecular formula is C21H22FN3O3S. The first-order chi connectivity index (χ1) is 13.8. The molecule has 1 saturated heterocycles. The van der Waals surface area contributed by atoms with Crippen LogP contribution in [-0.4, -0.2) is 55.6 Å². The number of nitrogens with zero attached hydrogens (tertiary/aromatic N) is 3. The van der Waals surface area contributed by atoms with Crippen LogP contribution in [0.15, 0.2) is 53.4 Å². The van der Waals surface area contributed by atoms with Gasteiger partial charge in [-0.05, 0) is 48.9 Å². The highest BCUT2D eigenvalue weighted by molar-refractivity contribution is 7.92. The molecule has 2 aromatic carbocycles. The minimum Gasteiger partial charge on any atom is -0.339 e. The van der Waals surface area contributed by atoms with Crippen LogP contribution in [0.3, 0.4) is 0 Å². The second kappa shape index (κ2) is 8.72. The first-order valence-corrected chi connectivity index (χ1v) is 10.9. The summed E-state index contributed by atoms with van der Waals surface area (Å²) in [5.41, 5.74) is 1.69. The van der Waals surface area contributed by atoms with Gasteiger partial charge in [0.2, 0.25) is 5.91 Å². The van der Waals surface area contributed by atoms with Crippen LogP contribution >= 0.6 is 0 Å². The number of hydrogen-bond acceptors (Lipinski definition) is 5. The fourth-order valence-electron chi connectivity index (χ4n) is 3.29. The standard InChI is InChI=1S/C21H22FN3O3S/c1-16(29(27,28)20-8-6-19(22)7-9-20)21(26)25-12-10-24(11-13-25)15-18-4-2-17(14-23)3-5-18/h2-9,16H,10-13,15H2,1H3. The summed E-state index contributed by atoms with van der Waals surface area (Å²) < 4.78 is 38.4. The van der Waals surface area contributed by atoms with Crippen molar-refractivity contribution in [3.05, 3.63) is 65.5 Å². The van der Waals surface area contributed by atoms with Crippen molar-refractivity contribution in [1.29, 1.82) is 5.26 Å². The van der Waals surface area contributed by atoms with Crippen LogP contribution in [0, 0.1) is 17.1 Å². The number of rotatable bonds is 5. The lowest BCUT2D eigenvalue weighted by molar-refractivity contribution is -0.132. The first kappa shape index (κ1) is 21.0. The summed E-state index contributed by atoms with van der Waals surface area (Å²) in [5.74, 6) is -0.964. The lowest BCUT2D eigenvalue weighted by atomic mass is 10.1. The molecule has 0 spiro atoms. The largest absolute Gasteiger partial charge is 0.339 e. The predicted octanol–water partition coefficient (Wildman–Crippen LogP) is 2.20. The Bertz CT molecular complexity index is 1010. The highest BCUT2D eigenvalue weighted by atomic mass is 32.2. The summed E-state index contributed by atoms with van der Waals surface area (Å²) in [6.07, 6.45) is 0. The van der Waals surface area contributed by atoms with E-state index in [1.165, 1.54) is 19.1 Å². The summed E-state index contributed by atoms with van der Waals surface area (Å²) in [7, 11) is -3.87. The van der Waals surface area contributed by atoms with Gasteiger partial charge in [0.15, 0.2) is 9.84 Å². The monoisotopic (exact) mass is 415 g/mol. The van der Waals surface area contributed by atoms with E-state index in [4.69, 9.17) is 5.26 Å². The maximum Gasteiger partial charge on any atom is 0.241 e. The second-order valence-electron chi connectivity index (χ2n) is 7.05. The summed E-state index contributed by atoms with van der Waals surface area (Å²) in [5, 5.41) is 7.64. The van der Waals surface area contributed by atoms with E-state index in [9.17, 15) is 17.6 Å². The van der Waals surface area contributed by atoms with Crippen LogP contribution in [0.5, 0.6) is 0 Å². The fraction of sp³-hybridized carbons (Fsp3) is 0.333. The highest BCUT2D eigenvalue weighted by Crippen LogP contribution is 2.19. The summed E-state index contributed by atoms with van der Waals surface area (Å²) >= 11 is 0. The number of amides is 1. The molecule has 0 bridgehead atoms. The van der Waals surface area contributed by atoms with Gasteiger partial charge in [-0.15, -0.1) is 0 Å². The molecule has 0 N–H and O–H groups in total. The number of hydrogen-bond donors (Lipinski definition) is 0. The molecule has 0 radical (unpaired) electrons. The second-order valence-corrected chi connectivity index (χ2v) is 9.32. The predicted molar refractivity (Wildman–Crippen MR) is 106 cm³/mol. The fourth-order valence-corrected chi connectivity index (χ4v) is 4.63. The smallest absolute Gasteiger partial charge is 0.241 e. The van der Waals surface area contributed by atoms with E-state index in [-0.39, 0.29) is 4.90 Å². The molecule has 29 heavy (non-hydrogen) atoms. The Morgan fingerprint density at radius 2 is 1.66 bits per heavy atom. The highest BCUT2D eigenvalue weighted by Gasteiger charge is 2.34. The molecule has 1 heterocycles. The normalized spacial score (nSPS) is 16.2. The number of piperazine rings is 1. The lowest BCUT2D eigenvalue weighted by Crippen LogP contribution is -2.51. The van der Waals surface area contributed by atoms with Gasteiger partial charge in [0.05, 0.1) is 16.5 Å². The van der Waals surface area contributed by atoms with Crippen molar-refractivity contribution in [3.8, 4) is 6.07 Å². The van der Waals surface area contributed by atoms with Gasteiger partial charge in [0, 0.05) is 32.7 Å². The Kier molecular flexibility index (Phi) is 6.30. The molecule has 0 saturated carbocycles. The minimum absolute atomic E-state index is 0.0563. The van der Waals surface area contributed by atoms with Gasteiger partial charge in [-0.25, -0.2) is 12.8 Å². The molecule has 2 aromatic rings. The van der Waals surface area contributed by atoms with Crippen LogP contribution in [0.4, 0.5) is 4.39 Å². The van der Waals surface area contributed by atoms with Gasteiger partial charge < -0.3 is 4.90 Å². The van der Waals surface area contributed by atoms with Crippen molar-refractivity contribution in [1.82, 2.24) is 9.80 Å². The van der Waals surface area contributed by atoms with Crippen molar-refractivity contribution in [2.45, 2.75) is 23.6 Å². The van der Waals surface area contributed by atoms with E-state index < -0.39 is 26.8 Å². The SMILES string of the molecule is CC(C(=O)N1CCN(Cc2ccc(C#N)cc2)CC1)S(=O)(=O)c1ccc(F)cc1. The van der Waals surface area contributed by atoms with Gasteiger partial charge in [0.1, 0.15) is 11.1 Å². The lowest BCUT2D eigenvalue weighted by Gasteiger charge is -2.35. The number of nitriles is 1. The maximum absolute atomic E-state index is 13.1. The Hall–Kier alpha value is -2.76. The zero-order chi connectivity index (χ0) is 21.0. The summed E-state index contributed by atoms with van der Waals surface area (Å²) in [4.78, 5) is 16.4. The third-order valence-electron chi connectivity index (χ3n) is 5.13. The molecule has 8 heteroatoms. The third-order valence-corrected chi connectivity index (χ3v) is 7.19. The van der Waals surface area contributed by atoms with Crippen LogP contribution in [-0.2, 0) is 21.2 Å². The zero-order valence-corrected chi connectivity index (χ0v) is 16.9. The van der Waals surface area contributed by atoms with Crippen LogP contribution in [0.25, 0.3) is 0 Å². The zero-order valence-electron chi connectivity index (χ0n) is 16.1. The van der Waals surface area contributed by atoms with Gasteiger partial charge >= 0.3 is 0 Å². The molecule has 6 nitrogen and oxygen atoms in total. The van der Waals surface area contributed by atoms with Crippen molar-refractivity contribution < 1.29 is 17.6 Å². The van der Waals surface area contributed by atoms with E-state index in [1.807, 2.05) is 12.1 Å². The summed E-state index contributed by atoms with van der Waals surface area (Å²) in [6.45, 7) is 4.24. The number of sulfone groups is 1. The van der Waals surface area contributed by atoms with E-state index in [2.05, 4.69) is 11.0 Å². The van der Waals surface area contributed by atoms with Gasteiger partial charge in [-0.3, -0.25) is 9.69 Å². The Labute approximate surface area is 170 Å². The molecule has 1 unspecified atom stereocenters. The van der Waals surface area contributed by atoms with Crippen molar-refractivity contribution >= 4 is 15.7 Å². The number of halogens is 1. The Morgan fingerprint density at radius 3 is 2.21 bits per heavy atom. The molecule has 1 atom stereocenters. The van der Waals surface area contributed by atoms with E-state index in [0.29, 0.717) is 38.3 Å². The van der Waals surface area contributed by atoms with E-state index in [0.717, 1.165) is 17.7 Å². The van der Waals surface area contributed by atoms with Gasteiger partial charge in [-0.2, -0.15) is 5.26 Å². The van der Waals surface area contributed by atoms with Crippen LogP contribution < -0.4 is 0 Å². The quantitative estimate of drug-likeness (QED) is 0.700. The van der Waals surface area contributed by atoms with Gasteiger partial charge in [0.25, 0.3) is 0 Å². The molecule has 3 rings (SSSR count). The average Bonchev–Trinajstić information content (AvgIpc) is 2.74. The summed E-state index contributed by atoms with van der Waals surface area (Å²) in [6, 6.07) is 14.0. The van der Waals surface area contributed by atoms with Crippen LogP contribution in [0.2, 0.25) is 0 Å². The van der Waals surface area contributed by atoms with Crippen molar-refractivity contribution in [2.75, 3.05) is 26.2 Å². The van der Waals surface area contributed by atoms with Crippen molar-refractivity contribution in [2.24, 2.45) is 0 Å². The molecule has 1 amide bonds. The number of carbonyl (C=O) groups is 1. The molecule has 1 aliphatic rings. The van der Waals surface area contributed by atoms with Gasteiger partial charge in [-0.1, -0.05) is 12.1 Å². The average molecular weight is 415 g/mol. The molecule has 152 valence electrons. The number of carbonyl (C=O) groups excluding carboxylic acids is 1. The van der Waals surface area contributed by atoms with E-state index in [1.54, 1.807) is 17.0 Å². The maximum atomic E-state index is 13.1. The molecule has 1 aliphatic heterocycles. The Balaban J connectivity index is 1.58. The molecule has 1 fully saturated rings. The molecule has 0 aliphatic carbocycles. The first-order valence-electron chi connectivity index (χ1n) is 9.31. The molecule has 0 aromatic heterocycles. The molecular weight excluding hydrogens is 393 g/mol. The Morgan fingerprint density at radius 1 is 1.07 bits per heavy atom. The van der Waals surface area contributed by atoms with Crippen molar-refractivity contribution in [3.63, 3.8) is 0 Å². The topological polar surface area (TPSA) is 81.5 Å². The van der Waals surface area contributed by atoms with Crippen LogP contribution in [0.1, 0.15) is 18.1 Å².